The third-order valence-corrected chi connectivity index (χ3v) is 2.47. The third kappa shape index (κ3) is 3.13. The molecule has 14 heavy (non-hydrogen) atoms. The van der Waals surface area contributed by atoms with Crippen LogP contribution in [0.1, 0.15) is 31.7 Å². The van der Waals surface area contributed by atoms with Crippen LogP contribution in [0, 0.1) is 0 Å². The zero-order chi connectivity index (χ0) is 10.4. The maximum Gasteiger partial charge on any atom is 0.0868 e. The molecule has 1 unspecified atom stereocenters. The molecule has 0 saturated heterocycles. The number of aliphatic hydroxyl groups excluding tert-OH is 1. The molecule has 0 fully saturated rings. The van der Waals surface area contributed by atoms with Crippen LogP contribution in [0.15, 0.2) is 30.3 Å². The molecule has 1 aromatic rings. The molecule has 2 heteroatoms. The summed E-state index contributed by atoms with van der Waals surface area (Å²) in [5, 5.41) is 18.8. The van der Waals surface area contributed by atoms with Crippen LogP contribution in [0.5, 0.6) is 0 Å². The Hall–Kier alpha value is -0.860. The second-order valence-corrected chi connectivity index (χ2v) is 3.82. The van der Waals surface area contributed by atoms with Crippen LogP contribution in [-0.4, -0.2) is 16.8 Å². The highest BCUT2D eigenvalue weighted by atomic mass is 16.3. The van der Waals surface area contributed by atoms with E-state index in [1.807, 2.05) is 37.3 Å². The molecule has 0 aliphatic heterocycles. The van der Waals surface area contributed by atoms with E-state index < -0.39 is 5.60 Å². The SMILES string of the molecule is CC(O)(CCCCO)c1ccccc1. The van der Waals surface area contributed by atoms with Crippen LogP contribution in [0.4, 0.5) is 0 Å². The molecule has 2 nitrogen and oxygen atoms in total. The zero-order valence-electron chi connectivity index (χ0n) is 8.61. The van der Waals surface area contributed by atoms with Crippen molar-refractivity contribution in [3.63, 3.8) is 0 Å². The number of hydrogen-bond donors (Lipinski definition) is 2. The Bertz CT molecular complexity index is 254. The van der Waals surface area contributed by atoms with E-state index in [4.69, 9.17) is 5.11 Å². The van der Waals surface area contributed by atoms with Crippen molar-refractivity contribution in [2.75, 3.05) is 6.61 Å². The quantitative estimate of drug-likeness (QED) is 0.704. The first-order valence-corrected chi connectivity index (χ1v) is 5.05. The van der Waals surface area contributed by atoms with Crippen LogP contribution in [0.2, 0.25) is 0 Å². The van der Waals surface area contributed by atoms with Crippen molar-refractivity contribution in [2.45, 2.75) is 31.8 Å². The van der Waals surface area contributed by atoms with E-state index >= 15 is 0 Å². The Morgan fingerprint density at radius 1 is 1.14 bits per heavy atom. The van der Waals surface area contributed by atoms with Crippen molar-refractivity contribution in [3.8, 4) is 0 Å². The van der Waals surface area contributed by atoms with E-state index in [1.54, 1.807) is 0 Å². The zero-order valence-corrected chi connectivity index (χ0v) is 8.61. The lowest BCUT2D eigenvalue weighted by atomic mass is 9.91. The maximum absolute atomic E-state index is 10.1. The van der Waals surface area contributed by atoms with Gasteiger partial charge in [-0.3, -0.25) is 0 Å². The fraction of sp³-hybridized carbons (Fsp3) is 0.500. The summed E-state index contributed by atoms with van der Waals surface area (Å²) >= 11 is 0. The number of aliphatic hydroxyl groups is 2. The van der Waals surface area contributed by atoms with E-state index in [1.165, 1.54) is 0 Å². The van der Waals surface area contributed by atoms with E-state index in [9.17, 15) is 5.11 Å². The molecule has 0 aromatic heterocycles. The first-order valence-electron chi connectivity index (χ1n) is 5.05. The Labute approximate surface area is 85.2 Å². The minimum Gasteiger partial charge on any atom is -0.396 e. The van der Waals surface area contributed by atoms with E-state index in [0.717, 1.165) is 18.4 Å². The summed E-state index contributed by atoms with van der Waals surface area (Å²) < 4.78 is 0. The van der Waals surface area contributed by atoms with Gasteiger partial charge < -0.3 is 10.2 Å². The van der Waals surface area contributed by atoms with Crippen LogP contribution < -0.4 is 0 Å². The maximum atomic E-state index is 10.1. The van der Waals surface area contributed by atoms with Gasteiger partial charge in [-0.25, -0.2) is 0 Å². The fourth-order valence-electron chi connectivity index (χ4n) is 1.52. The van der Waals surface area contributed by atoms with Crippen molar-refractivity contribution >= 4 is 0 Å². The molecule has 1 atom stereocenters. The molecule has 1 rings (SSSR count). The number of rotatable bonds is 5. The van der Waals surface area contributed by atoms with Gasteiger partial charge in [0.15, 0.2) is 0 Å². The first-order chi connectivity index (χ1) is 6.67. The average molecular weight is 194 g/mol. The van der Waals surface area contributed by atoms with E-state index in [-0.39, 0.29) is 6.61 Å². The third-order valence-electron chi connectivity index (χ3n) is 2.47. The van der Waals surface area contributed by atoms with Gasteiger partial charge in [0, 0.05) is 6.61 Å². The molecule has 0 amide bonds. The van der Waals surface area contributed by atoms with Crippen molar-refractivity contribution < 1.29 is 10.2 Å². The second-order valence-electron chi connectivity index (χ2n) is 3.82. The van der Waals surface area contributed by atoms with Gasteiger partial charge in [-0.15, -0.1) is 0 Å². The number of hydrogen-bond acceptors (Lipinski definition) is 2. The van der Waals surface area contributed by atoms with Gasteiger partial charge in [-0.1, -0.05) is 30.3 Å². The van der Waals surface area contributed by atoms with Gasteiger partial charge in [0.2, 0.25) is 0 Å². The normalized spacial score (nSPS) is 15.1. The van der Waals surface area contributed by atoms with Crippen LogP contribution in [-0.2, 0) is 5.60 Å². The summed E-state index contributed by atoms with van der Waals surface area (Å²) in [6.45, 7) is 2.02. The molecule has 0 aliphatic rings. The largest absolute Gasteiger partial charge is 0.396 e. The summed E-state index contributed by atoms with van der Waals surface area (Å²) in [6.07, 6.45) is 2.29. The number of benzene rings is 1. The van der Waals surface area contributed by atoms with Crippen molar-refractivity contribution in [3.05, 3.63) is 35.9 Å². The molecule has 0 aliphatic carbocycles. The average Bonchev–Trinajstić information content (AvgIpc) is 2.19. The molecular formula is C12H18O2. The molecule has 0 radical (unpaired) electrons. The van der Waals surface area contributed by atoms with Gasteiger partial charge in [-0.05, 0) is 31.7 Å². The predicted octanol–water partition coefficient (Wildman–Crippen LogP) is 2.06. The minimum atomic E-state index is -0.767. The minimum absolute atomic E-state index is 0.199. The lowest BCUT2D eigenvalue weighted by molar-refractivity contribution is 0.0437. The Balaban J connectivity index is 2.56. The second kappa shape index (κ2) is 5.13. The van der Waals surface area contributed by atoms with E-state index in [0.29, 0.717) is 6.42 Å². The Kier molecular flexibility index (Phi) is 4.11. The number of unbranched alkanes of at least 4 members (excludes halogenated alkanes) is 1. The molecule has 2 N–H and O–H groups in total. The lowest BCUT2D eigenvalue weighted by Crippen LogP contribution is -2.20. The van der Waals surface area contributed by atoms with Gasteiger partial charge in [-0.2, -0.15) is 0 Å². The first kappa shape index (κ1) is 11.2. The van der Waals surface area contributed by atoms with Crippen molar-refractivity contribution in [1.29, 1.82) is 0 Å². The molecule has 0 bridgehead atoms. The smallest absolute Gasteiger partial charge is 0.0868 e. The Morgan fingerprint density at radius 2 is 1.79 bits per heavy atom. The highest BCUT2D eigenvalue weighted by molar-refractivity contribution is 5.21. The molecule has 1 aromatic carbocycles. The lowest BCUT2D eigenvalue weighted by Gasteiger charge is -2.23. The summed E-state index contributed by atoms with van der Waals surface area (Å²) in [6, 6.07) is 9.65. The summed E-state index contributed by atoms with van der Waals surface area (Å²) in [5.41, 5.74) is 0.175. The summed E-state index contributed by atoms with van der Waals surface area (Å²) in [5.74, 6) is 0. The predicted molar refractivity (Wildman–Crippen MR) is 56.9 cm³/mol. The van der Waals surface area contributed by atoms with Gasteiger partial charge in [0.1, 0.15) is 0 Å². The highest BCUT2D eigenvalue weighted by Crippen LogP contribution is 2.25. The highest BCUT2D eigenvalue weighted by Gasteiger charge is 2.21. The van der Waals surface area contributed by atoms with Crippen LogP contribution in [0.3, 0.4) is 0 Å². The van der Waals surface area contributed by atoms with Gasteiger partial charge >= 0.3 is 0 Å². The van der Waals surface area contributed by atoms with Crippen LogP contribution >= 0.6 is 0 Å². The topological polar surface area (TPSA) is 40.5 Å². The van der Waals surface area contributed by atoms with Crippen molar-refractivity contribution in [2.24, 2.45) is 0 Å². The Morgan fingerprint density at radius 3 is 2.36 bits per heavy atom. The monoisotopic (exact) mass is 194 g/mol. The van der Waals surface area contributed by atoms with Crippen molar-refractivity contribution in [1.82, 2.24) is 0 Å². The summed E-state index contributed by atoms with van der Waals surface area (Å²) in [7, 11) is 0. The van der Waals surface area contributed by atoms with Gasteiger partial charge in [0.05, 0.1) is 5.60 Å². The summed E-state index contributed by atoms with van der Waals surface area (Å²) in [4.78, 5) is 0. The molecule has 0 heterocycles. The standard InChI is InChI=1S/C12H18O2/c1-12(14,9-5-6-10-13)11-7-3-2-4-8-11/h2-4,7-8,13-14H,5-6,9-10H2,1H3. The van der Waals surface area contributed by atoms with Crippen LogP contribution in [0.25, 0.3) is 0 Å². The van der Waals surface area contributed by atoms with Gasteiger partial charge in [0.25, 0.3) is 0 Å². The molecule has 0 spiro atoms. The molecular weight excluding hydrogens is 176 g/mol. The fourth-order valence-corrected chi connectivity index (χ4v) is 1.52. The molecule has 0 saturated carbocycles. The molecule has 78 valence electrons. The van der Waals surface area contributed by atoms with E-state index in [2.05, 4.69) is 0 Å².